The average molecular weight is 295 g/mol. The van der Waals surface area contributed by atoms with Gasteiger partial charge >= 0.3 is 0 Å². The third-order valence-electron chi connectivity index (χ3n) is 2.36. The molecule has 0 aliphatic rings. The number of allylic oxidation sites excluding steroid dienone is 5. The Morgan fingerprint density at radius 3 is 2.48 bits per heavy atom. The highest BCUT2D eigenvalue weighted by Crippen LogP contribution is 2.03. The van der Waals surface area contributed by atoms with Crippen LogP contribution in [0.15, 0.2) is 36.1 Å². The van der Waals surface area contributed by atoms with Gasteiger partial charge in [-0.15, -0.1) is 0 Å². The summed E-state index contributed by atoms with van der Waals surface area (Å²) in [6, 6.07) is 0. The maximum Gasteiger partial charge on any atom is 0.243 e. The van der Waals surface area contributed by atoms with Crippen LogP contribution in [-0.2, 0) is 9.59 Å². The number of hydrogen-bond acceptors (Lipinski definition) is 4. The number of nitrogens with one attached hydrogen (secondary N) is 1. The molecule has 0 fully saturated rings. The lowest BCUT2D eigenvalue weighted by Crippen LogP contribution is -2.37. The molecule has 0 spiro atoms. The van der Waals surface area contributed by atoms with Gasteiger partial charge in [-0.2, -0.15) is 0 Å². The van der Waals surface area contributed by atoms with E-state index in [1.807, 2.05) is 0 Å². The molecular weight excluding hydrogens is 270 g/mol. The van der Waals surface area contributed by atoms with Gasteiger partial charge in [-0.3, -0.25) is 9.59 Å². The Kier molecular flexibility index (Phi) is 9.05. The number of aliphatic hydroxyl groups excluding tert-OH is 1. The molecule has 3 N–H and O–H groups in total. The Balaban J connectivity index is 3.94. The minimum absolute atomic E-state index is 0.0687. The lowest BCUT2D eigenvalue weighted by Gasteiger charge is -2.16. The van der Waals surface area contributed by atoms with Gasteiger partial charge in [0, 0.05) is 19.4 Å². The van der Waals surface area contributed by atoms with Gasteiger partial charge in [-0.25, -0.2) is 0 Å². The summed E-state index contributed by atoms with van der Waals surface area (Å²) in [7, 11) is 0. The lowest BCUT2D eigenvalue weighted by atomic mass is 10.1. The highest BCUT2D eigenvalue weighted by atomic mass is 16.3. The molecule has 0 bridgehead atoms. The standard InChI is InChI=1S/C16H25NO4/c1-13(18)8-4-5-9-14(19)10-6-7-11-15(20)17-12-16(2,3)21/h4-5,7,9,11,19,21H,6,8,10,12H2,1-3H3,(H,17,20)/b5-4+,11-7+,14-9+. The first-order chi connectivity index (χ1) is 9.70. The van der Waals surface area contributed by atoms with E-state index in [9.17, 15) is 19.8 Å². The zero-order chi connectivity index (χ0) is 16.3. The maximum absolute atomic E-state index is 11.4. The molecule has 21 heavy (non-hydrogen) atoms. The van der Waals surface area contributed by atoms with Gasteiger partial charge in [-0.05, 0) is 39.3 Å². The van der Waals surface area contributed by atoms with Gasteiger partial charge in [0.15, 0.2) is 0 Å². The molecule has 0 radical (unpaired) electrons. The van der Waals surface area contributed by atoms with Gasteiger partial charge in [0.25, 0.3) is 0 Å². The minimum atomic E-state index is -0.934. The highest BCUT2D eigenvalue weighted by molar-refractivity contribution is 5.87. The largest absolute Gasteiger partial charge is 0.512 e. The molecule has 118 valence electrons. The summed E-state index contributed by atoms with van der Waals surface area (Å²) < 4.78 is 0. The monoisotopic (exact) mass is 295 g/mol. The summed E-state index contributed by atoms with van der Waals surface area (Å²) in [5.74, 6) is -0.0163. The van der Waals surface area contributed by atoms with Crippen LogP contribution in [0.1, 0.15) is 40.0 Å². The summed E-state index contributed by atoms with van der Waals surface area (Å²) in [4.78, 5) is 22.1. The van der Waals surface area contributed by atoms with Crippen molar-refractivity contribution in [2.24, 2.45) is 0 Å². The van der Waals surface area contributed by atoms with Crippen LogP contribution in [0.4, 0.5) is 0 Å². The van der Waals surface area contributed by atoms with Crippen molar-refractivity contribution in [2.45, 2.75) is 45.6 Å². The molecule has 1 amide bonds. The molecule has 0 rings (SSSR count). The number of carbonyl (C=O) groups is 2. The molecular formula is C16H25NO4. The first-order valence-electron chi connectivity index (χ1n) is 6.91. The van der Waals surface area contributed by atoms with Crippen LogP contribution in [0.5, 0.6) is 0 Å². The van der Waals surface area contributed by atoms with Crippen LogP contribution >= 0.6 is 0 Å². The van der Waals surface area contributed by atoms with E-state index in [1.54, 1.807) is 32.1 Å². The first kappa shape index (κ1) is 19.1. The summed E-state index contributed by atoms with van der Waals surface area (Å²) in [5, 5.41) is 21.6. The van der Waals surface area contributed by atoms with E-state index in [4.69, 9.17) is 0 Å². The number of amides is 1. The predicted molar refractivity (Wildman–Crippen MR) is 82.8 cm³/mol. The van der Waals surface area contributed by atoms with E-state index in [2.05, 4.69) is 5.32 Å². The smallest absolute Gasteiger partial charge is 0.243 e. The van der Waals surface area contributed by atoms with Gasteiger partial charge in [-0.1, -0.05) is 18.2 Å². The van der Waals surface area contributed by atoms with E-state index in [0.717, 1.165) is 0 Å². The Morgan fingerprint density at radius 1 is 1.24 bits per heavy atom. The summed E-state index contributed by atoms with van der Waals surface area (Å²) in [6.07, 6.45) is 9.18. The fourth-order valence-corrected chi connectivity index (χ4v) is 1.28. The fraction of sp³-hybridized carbons (Fsp3) is 0.500. The Bertz CT molecular complexity index is 428. The fourth-order valence-electron chi connectivity index (χ4n) is 1.28. The third-order valence-corrected chi connectivity index (χ3v) is 2.36. The number of Topliss-reactive ketones (excluding diaryl/α,β-unsaturated/α-hetero) is 1. The molecule has 0 saturated carbocycles. The number of aliphatic hydroxyl groups is 2. The van der Waals surface area contributed by atoms with Crippen molar-refractivity contribution >= 4 is 11.7 Å². The molecule has 0 aliphatic carbocycles. The Labute approximate surface area is 126 Å². The second-order valence-electron chi connectivity index (χ2n) is 5.46. The zero-order valence-electron chi connectivity index (χ0n) is 12.9. The average Bonchev–Trinajstić information content (AvgIpc) is 2.36. The van der Waals surface area contributed by atoms with Crippen LogP contribution in [0.2, 0.25) is 0 Å². The molecule has 5 nitrogen and oxygen atoms in total. The number of hydrogen-bond donors (Lipinski definition) is 3. The van der Waals surface area contributed by atoms with Crippen LogP contribution < -0.4 is 5.32 Å². The molecule has 0 saturated heterocycles. The van der Waals surface area contributed by atoms with E-state index in [0.29, 0.717) is 19.3 Å². The maximum atomic E-state index is 11.4. The first-order valence-corrected chi connectivity index (χ1v) is 6.91. The second kappa shape index (κ2) is 9.94. The Hall–Kier alpha value is -1.88. The van der Waals surface area contributed by atoms with Crippen LogP contribution in [-0.4, -0.2) is 34.0 Å². The molecule has 0 aromatic rings. The minimum Gasteiger partial charge on any atom is -0.512 e. The second-order valence-corrected chi connectivity index (χ2v) is 5.46. The zero-order valence-corrected chi connectivity index (χ0v) is 12.9. The van der Waals surface area contributed by atoms with Crippen LogP contribution in [0.3, 0.4) is 0 Å². The van der Waals surface area contributed by atoms with Gasteiger partial charge < -0.3 is 15.5 Å². The van der Waals surface area contributed by atoms with Gasteiger partial charge in [0.05, 0.1) is 11.4 Å². The van der Waals surface area contributed by atoms with Crippen molar-refractivity contribution in [3.63, 3.8) is 0 Å². The molecule has 0 unspecified atom stereocenters. The number of rotatable bonds is 9. The normalized spacial score (nSPS) is 13.0. The summed E-state index contributed by atoms with van der Waals surface area (Å²) in [6.45, 7) is 4.91. The van der Waals surface area contributed by atoms with E-state index >= 15 is 0 Å². The van der Waals surface area contributed by atoms with Crippen LogP contribution in [0.25, 0.3) is 0 Å². The van der Waals surface area contributed by atoms with E-state index in [-0.39, 0.29) is 24.0 Å². The molecule has 0 aromatic heterocycles. The van der Waals surface area contributed by atoms with E-state index in [1.165, 1.54) is 19.1 Å². The van der Waals surface area contributed by atoms with Gasteiger partial charge in [0.1, 0.15) is 5.78 Å². The summed E-state index contributed by atoms with van der Waals surface area (Å²) >= 11 is 0. The van der Waals surface area contributed by atoms with Gasteiger partial charge in [0.2, 0.25) is 5.91 Å². The molecule has 0 aliphatic heterocycles. The Morgan fingerprint density at radius 2 is 1.90 bits per heavy atom. The van der Waals surface area contributed by atoms with Crippen molar-refractivity contribution in [3.8, 4) is 0 Å². The highest BCUT2D eigenvalue weighted by Gasteiger charge is 2.12. The molecule has 0 atom stereocenters. The van der Waals surface area contributed by atoms with Crippen molar-refractivity contribution in [3.05, 3.63) is 36.1 Å². The molecule has 0 heterocycles. The van der Waals surface area contributed by atoms with E-state index < -0.39 is 5.60 Å². The molecule has 0 aromatic carbocycles. The van der Waals surface area contributed by atoms with Crippen molar-refractivity contribution in [1.82, 2.24) is 5.32 Å². The van der Waals surface area contributed by atoms with Crippen molar-refractivity contribution in [2.75, 3.05) is 6.54 Å². The lowest BCUT2D eigenvalue weighted by molar-refractivity contribution is -0.117. The van der Waals surface area contributed by atoms with Crippen molar-refractivity contribution in [1.29, 1.82) is 0 Å². The SMILES string of the molecule is CC(=O)C/C=C/C=C(/O)CC/C=C/C(=O)NCC(C)(C)O. The van der Waals surface area contributed by atoms with Crippen LogP contribution in [0, 0.1) is 0 Å². The predicted octanol–water partition coefficient (Wildman–Crippen LogP) is 2.19. The number of carbonyl (C=O) groups excluding carboxylic acids is 2. The quantitative estimate of drug-likeness (QED) is 0.346. The third kappa shape index (κ3) is 14.3. The topological polar surface area (TPSA) is 86.6 Å². The number of ketones is 1. The molecule has 5 heteroatoms. The van der Waals surface area contributed by atoms with Crippen molar-refractivity contribution < 1.29 is 19.8 Å². The summed E-state index contributed by atoms with van der Waals surface area (Å²) in [5.41, 5.74) is -0.934.